The third kappa shape index (κ3) is 9.33. The minimum Gasteiger partial charge on any atom is -0.212 e. The molecule has 0 aromatic heterocycles. The first-order chi connectivity index (χ1) is 3.71. The quantitative estimate of drug-likeness (QED) is 0.423. The van der Waals surface area contributed by atoms with Crippen LogP contribution in [-0.4, -0.2) is 19.8 Å². The van der Waals surface area contributed by atoms with Gasteiger partial charge in [0.25, 0.3) is 0 Å². The zero-order chi connectivity index (χ0) is 7.71. The van der Waals surface area contributed by atoms with Gasteiger partial charge in [-0.3, -0.25) is 0 Å². The number of hydrogen-bond donors (Lipinski definition) is 0. The molecule has 8 heteroatoms. The highest BCUT2D eigenvalue weighted by atomic mass is 35.8. The van der Waals surface area contributed by atoms with Crippen molar-refractivity contribution >= 4 is 59.0 Å². The molecular formula is CH2Cl4O2SSi. The molecule has 0 rings (SSSR count). The van der Waals surface area contributed by atoms with Gasteiger partial charge in [0.15, 0.2) is 0 Å². The van der Waals surface area contributed by atoms with Gasteiger partial charge in [0.05, 0.1) is 0 Å². The summed E-state index contributed by atoms with van der Waals surface area (Å²) in [5.41, 5.74) is 0. The van der Waals surface area contributed by atoms with E-state index in [-0.39, 0.29) is 0 Å². The van der Waals surface area contributed by atoms with E-state index >= 15 is 0 Å². The van der Waals surface area contributed by atoms with Gasteiger partial charge in [-0.05, 0) is 0 Å². The largest absolute Gasteiger partial charge is 0.356 e. The molecule has 0 atom stereocenters. The molecule has 0 amide bonds. The Kier molecular flexibility index (Phi) is 3.62. The standard InChI is InChI=1S/CH2Cl4O2SSi/c2-8(6,7)1-9(3,4)5/h1H2. The average Bonchev–Trinajstić information content (AvgIpc) is 1.14. The third-order valence-electron chi connectivity index (χ3n) is 0.336. The Balaban J connectivity index is 4.07. The lowest BCUT2D eigenvalue weighted by Gasteiger charge is -2.01. The fraction of sp³-hybridized carbons (Fsp3) is 1.00. The van der Waals surface area contributed by atoms with Crippen LogP contribution in [0, 0.1) is 0 Å². The molecule has 0 fully saturated rings. The van der Waals surface area contributed by atoms with Crippen molar-refractivity contribution in [2.24, 2.45) is 0 Å². The highest BCUT2D eigenvalue weighted by Gasteiger charge is 2.31. The van der Waals surface area contributed by atoms with Crippen molar-refractivity contribution in [3.05, 3.63) is 0 Å². The molecule has 9 heavy (non-hydrogen) atoms. The van der Waals surface area contributed by atoms with Crippen molar-refractivity contribution < 1.29 is 8.42 Å². The van der Waals surface area contributed by atoms with E-state index in [2.05, 4.69) is 0 Å². The maximum Gasteiger partial charge on any atom is 0.356 e. The van der Waals surface area contributed by atoms with Crippen molar-refractivity contribution in [3.63, 3.8) is 0 Å². The van der Waals surface area contributed by atoms with E-state index in [1.165, 1.54) is 0 Å². The SMILES string of the molecule is O=S(=O)(Cl)C[Si](Cl)(Cl)Cl. The molecule has 0 aromatic carbocycles. The van der Waals surface area contributed by atoms with E-state index in [0.717, 1.165) is 0 Å². The van der Waals surface area contributed by atoms with Crippen LogP contribution in [0.5, 0.6) is 0 Å². The lowest BCUT2D eigenvalue weighted by atomic mass is 11.9. The summed E-state index contributed by atoms with van der Waals surface area (Å²) in [6, 6.07) is -3.10. The molecular weight excluding hydrogens is 246 g/mol. The number of halogens is 4. The molecule has 56 valence electrons. The number of rotatable bonds is 2. The highest BCUT2D eigenvalue weighted by Crippen LogP contribution is 2.22. The van der Waals surface area contributed by atoms with Gasteiger partial charge < -0.3 is 0 Å². The zero-order valence-electron chi connectivity index (χ0n) is 3.94. The monoisotopic (exact) mass is 246 g/mol. The Bertz CT molecular complexity index is 179. The smallest absolute Gasteiger partial charge is 0.212 e. The molecule has 0 unspecified atom stereocenters. The van der Waals surface area contributed by atoms with Gasteiger partial charge in [0, 0.05) is 10.7 Å². The van der Waals surface area contributed by atoms with Gasteiger partial charge in [-0.1, -0.05) is 0 Å². The summed E-state index contributed by atoms with van der Waals surface area (Å²) in [6.07, 6.45) is 0. The van der Waals surface area contributed by atoms with Crippen LogP contribution in [0.1, 0.15) is 0 Å². The minimum atomic E-state index is -3.64. The summed E-state index contributed by atoms with van der Waals surface area (Å²) in [5.74, 6) is 0. The van der Waals surface area contributed by atoms with Crippen molar-refractivity contribution in [3.8, 4) is 0 Å². The molecule has 0 aliphatic heterocycles. The molecule has 0 aromatic rings. The van der Waals surface area contributed by atoms with E-state index in [4.69, 9.17) is 43.9 Å². The Morgan fingerprint density at radius 3 is 1.56 bits per heavy atom. The summed E-state index contributed by atoms with van der Waals surface area (Å²) in [7, 11) is 1.13. The first-order valence-corrected chi connectivity index (χ1v) is 9.42. The van der Waals surface area contributed by atoms with Gasteiger partial charge in [-0.25, -0.2) is 8.42 Å². The van der Waals surface area contributed by atoms with Crippen molar-refractivity contribution in [2.45, 2.75) is 0 Å². The average molecular weight is 248 g/mol. The lowest BCUT2D eigenvalue weighted by molar-refractivity contribution is 0.613. The van der Waals surface area contributed by atoms with Crippen molar-refractivity contribution in [1.29, 1.82) is 0 Å². The third-order valence-corrected chi connectivity index (χ3v) is 6.95. The summed E-state index contributed by atoms with van der Waals surface area (Å²) < 4.78 is 20.4. The van der Waals surface area contributed by atoms with E-state index in [1.54, 1.807) is 0 Å². The Hall–Kier alpha value is 1.33. The minimum absolute atomic E-state index is 0.535. The van der Waals surface area contributed by atoms with E-state index < -0.39 is 20.4 Å². The molecule has 0 spiro atoms. The Morgan fingerprint density at radius 2 is 1.56 bits per heavy atom. The topological polar surface area (TPSA) is 34.1 Å². The van der Waals surface area contributed by atoms with Crippen LogP contribution in [0.15, 0.2) is 0 Å². The molecule has 0 N–H and O–H groups in total. The lowest BCUT2D eigenvalue weighted by Crippen LogP contribution is -2.21. The molecule has 0 aliphatic carbocycles. The Labute approximate surface area is 72.6 Å². The summed E-state index contributed by atoms with van der Waals surface area (Å²) >= 11 is 15.7. The van der Waals surface area contributed by atoms with Crippen molar-refractivity contribution in [2.75, 3.05) is 5.38 Å². The van der Waals surface area contributed by atoms with Crippen LogP contribution in [0.4, 0.5) is 0 Å². The number of hydrogen-bond acceptors (Lipinski definition) is 2. The van der Waals surface area contributed by atoms with Gasteiger partial charge in [-0.2, -0.15) is 0 Å². The molecule has 0 bridgehead atoms. The maximum atomic E-state index is 10.2. The van der Waals surface area contributed by atoms with Gasteiger partial charge in [-0.15, -0.1) is 33.2 Å². The maximum absolute atomic E-state index is 10.2. The molecule has 0 radical (unpaired) electrons. The van der Waals surface area contributed by atoms with Crippen LogP contribution >= 0.6 is 43.9 Å². The molecule has 0 aliphatic rings. The van der Waals surface area contributed by atoms with Crippen LogP contribution in [-0.2, 0) is 9.05 Å². The molecule has 2 nitrogen and oxygen atoms in total. The van der Waals surface area contributed by atoms with Crippen molar-refractivity contribution in [1.82, 2.24) is 0 Å². The molecule has 0 saturated carbocycles. The van der Waals surface area contributed by atoms with E-state index in [0.29, 0.717) is 0 Å². The molecule has 0 heterocycles. The van der Waals surface area contributed by atoms with Gasteiger partial charge >= 0.3 is 6.00 Å². The molecule has 0 saturated heterocycles. The first kappa shape index (κ1) is 10.3. The fourth-order valence-corrected chi connectivity index (χ4v) is 8.62. The first-order valence-electron chi connectivity index (χ1n) is 1.70. The summed E-state index contributed by atoms with van der Waals surface area (Å²) in [6.45, 7) is 0. The van der Waals surface area contributed by atoms with Crippen LogP contribution in [0.2, 0.25) is 0 Å². The second kappa shape index (κ2) is 3.15. The highest BCUT2D eigenvalue weighted by molar-refractivity contribution is 8.16. The normalized spacial score (nSPS) is 13.8. The second-order valence-electron chi connectivity index (χ2n) is 1.30. The zero-order valence-corrected chi connectivity index (χ0v) is 8.78. The van der Waals surface area contributed by atoms with Crippen LogP contribution in [0.3, 0.4) is 0 Å². The van der Waals surface area contributed by atoms with E-state index in [9.17, 15) is 8.42 Å². The Morgan fingerprint density at radius 1 is 1.22 bits per heavy atom. The van der Waals surface area contributed by atoms with Gasteiger partial charge in [0.2, 0.25) is 9.05 Å². The predicted octanol–water partition coefficient (Wildman–Crippen LogP) is 1.75. The van der Waals surface area contributed by atoms with Crippen LogP contribution in [0.25, 0.3) is 0 Å². The summed E-state index contributed by atoms with van der Waals surface area (Å²) in [5, 5.41) is -0.535. The summed E-state index contributed by atoms with van der Waals surface area (Å²) in [4.78, 5) is 0. The van der Waals surface area contributed by atoms with Gasteiger partial charge in [0.1, 0.15) is 5.38 Å². The second-order valence-corrected chi connectivity index (χ2v) is 13.7. The predicted molar refractivity (Wildman–Crippen MR) is 43.0 cm³/mol. The van der Waals surface area contributed by atoms with Crippen LogP contribution < -0.4 is 0 Å². The van der Waals surface area contributed by atoms with E-state index in [1.807, 2.05) is 0 Å². The fourth-order valence-electron chi connectivity index (χ4n) is 0.195.